The third kappa shape index (κ3) is 3.12. The number of fused-ring (bicyclic) bond motifs is 1. The number of likely N-dealkylation sites (N-methyl/N-ethyl adjacent to an activating group) is 1. The summed E-state index contributed by atoms with van der Waals surface area (Å²) >= 11 is 0. The van der Waals surface area contributed by atoms with Crippen LogP contribution in [0, 0.1) is 0 Å². The first kappa shape index (κ1) is 14.6. The van der Waals surface area contributed by atoms with Crippen LogP contribution in [0.2, 0.25) is 0 Å². The molecule has 0 radical (unpaired) electrons. The number of carboxylic acid groups (broad SMARTS) is 1. The highest BCUT2D eigenvalue weighted by atomic mass is 16.4. The summed E-state index contributed by atoms with van der Waals surface area (Å²) in [5.74, 6) is -0.878. The molecule has 1 N–H and O–H groups in total. The molecule has 0 aromatic heterocycles. The minimum atomic E-state index is -0.878. The lowest BCUT2D eigenvalue weighted by Crippen LogP contribution is -2.28. The zero-order valence-electron chi connectivity index (χ0n) is 12.7. The molecule has 2 aromatic rings. The summed E-state index contributed by atoms with van der Waals surface area (Å²) in [6.45, 7) is 3.74. The van der Waals surface area contributed by atoms with Gasteiger partial charge in [-0.25, -0.2) is 4.79 Å². The van der Waals surface area contributed by atoms with E-state index in [1.807, 2.05) is 12.1 Å². The molecule has 4 heteroatoms. The molecule has 114 valence electrons. The molecule has 0 amide bonds. The number of anilines is 1. The van der Waals surface area contributed by atoms with Crippen molar-refractivity contribution < 1.29 is 9.90 Å². The third-order valence-electron chi connectivity index (χ3n) is 4.16. The Morgan fingerprint density at radius 3 is 2.55 bits per heavy atom. The van der Waals surface area contributed by atoms with E-state index in [1.54, 1.807) is 12.1 Å². The number of hydrogen-bond acceptors (Lipinski definition) is 3. The van der Waals surface area contributed by atoms with Crippen LogP contribution in [-0.4, -0.2) is 36.1 Å². The molecule has 0 fully saturated rings. The molecule has 0 bridgehead atoms. The largest absolute Gasteiger partial charge is 0.478 e. The molecule has 0 atom stereocenters. The summed E-state index contributed by atoms with van der Waals surface area (Å²) in [4.78, 5) is 15.6. The van der Waals surface area contributed by atoms with Gasteiger partial charge < -0.3 is 10.0 Å². The van der Waals surface area contributed by atoms with Crippen molar-refractivity contribution >= 4 is 11.7 Å². The zero-order valence-corrected chi connectivity index (χ0v) is 12.7. The van der Waals surface area contributed by atoms with E-state index in [1.165, 1.54) is 11.3 Å². The molecule has 1 aliphatic heterocycles. The van der Waals surface area contributed by atoms with Crippen molar-refractivity contribution in [1.29, 1.82) is 0 Å². The van der Waals surface area contributed by atoms with E-state index in [4.69, 9.17) is 5.11 Å². The topological polar surface area (TPSA) is 43.8 Å². The number of carbonyl (C=O) groups is 1. The number of hydrogen-bond donors (Lipinski definition) is 1. The standard InChI is InChI=1S/C18H20N2O2/c1-19-10-11-20(13-16-4-2-3-5-17(16)19)12-14-6-8-15(9-7-14)18(21)22/h2-9H,10-13H2,1H3,(H,21,22). The Hall–Kier alpha value is -2.33. The van der Waals surface area contributed by atoms with E-state index in [0.717, 1.165) is 31.7 Å². The molecular weight excluding hydrogens is 276 g/mol. The van der Waals surface area contributed by atoms with Gasteiger partial charge in [0.1, 0.15) is 0 Å². The Morgan fingerprint density at radius 2 is 1.82 bits per heavy atom. The average molecular weight is 296 g/mol. The summed E-state index contributed by atoms with van der Waals surface area (Å²) in [6, 6.07) is 15.7. The van der Waals surface area contributed by atoms with Gasteiger partial charge in [-0.15, -0.1) is 0 Å². The molecule has 4 nitrogen and oxygen atoms in total. The van der Waals surface area contributed by atoms with E-state index in [2.05, 4.69) is 41.1 Å². The Bertz CT molecular complexity index is 667. The molecule has 1 heterocycles. The second kappa shape index (κ2) is 6.20. The van der Waals surface area contributed by atoms with E-state index < -0.39 is 5.97 Å². The van der Waals surface area contributed by atoms with Gasteiger partial charge in [0.15, 0.2) is 0 Å². The highest BCUT2D eigenvalue weighted by Gasteiger charge is 2.17. The summed E-state index contributed by atoms with van der Waals surface area (Å²) in [5, 5.41) is 8.96. The van der Waals surface area contributed by atoms with Gasteiger partial charge in [0.2, 0.25) is 0 Å². The van der Waals surface area contributed by atoms with Gasteiger partial charge in [-0.3, -0.25) is 4.90 Å². The molecule has 22 heavy (non-hydrogen) atoms. The van der Waals surface area contributed by atoms with Crippen molar-refractivity contribution in [2.45, 2.75) is 13.1 Å². The minimum absolute atomic E-state index is 0.338. The Kier molecular flexibility index (Phi) is 4.11. The lowest BCUT2D eigenvalue weighted by Gasteiger charge is -2.20. The summed E-state index contributed by atoms with van der Waals surface area (Å²) in [6.07, 6.45) is 0. The first-order valence-corrected chi connectivity index (χ1v) is 7.47. The molecule has 0 unspecified atom stereocenters. The summed E-state index contributed by atoms with van der Waals surface area (Å²) < 4.78 is 0. The SMILES string of the molecule is CN1CCN(Cc2ccc(C(=O)O)cc2)Cc2ccccc21. The first-order chi connectivity index (χ1) is 10.6. The smallest absolute Gasteiger partial charge is 0.335 e. The first-order valence-electron chi connectivity index (χ1n) is 7.47. The van der Waals surface area contributed by atoms with Crippen molar-refractivity contribution in [3.8, 4) is 0 Å². The van der Waals surface area contributed by atoms with Crippen molar-refractivity contribution in [3.05, 3.63) is 65.2 Å². The van der Waals surface area contributed by atoms with Crippen LogP contribution in [0.4, 0.5) is 5.69 Å². The predicted octanol–water partition coefficient (Wildman–Crippen LogP) is 2.84. The lowest BCUT2D eigenvalue weighted by atomic mass is 10.1. The summed E-state index contributed by atoms with van der Waals surface area (Å²) in [7, 11) is 2.13. The zero-order chi connectivity index (χ0) is 15.5. The fourth-order valence-corrected chi connectivity index (χ4v) is 2.89. The maximum atomic E-state index is 10.9. The Balaban J connectivity index is 1.75. The van der Waals surface area contributed by atoms with Crippen molar-refractivity contribution in [2.24, 2.45) is 0 Å². The molecule has 0 aliphatic carbocycles. The molecule has 0 saturated heterocycles. The Morgan fingerprint density at radius 1 is 1.09 bits per heavy atom. The van der Waals surface area contributed by atoms with Crippen LogP contribution in [0.1, 0.15) is 21.5 Å². The minimum Gasteiger partial charge on any atom is -0.478 e. The third-order valence-corrected chi connectivity index (χ3v) is 4.16. The van der Waals surface area contributed by atoms with Gasteiger partial charge in [-0.1, -0.05) is 30.3 Å². The van der Waals surface area contributed by atoms with Crippen LogP contribution in [-0.2, 0) is 13.1 Å². The van der Waals surface area contributed by atoms with E-state index in [0.29, 0.717) is 5.56 Å². The maximum Gasteiger partial charge on any atom is 0.335 e. The number of nitrogens with zero attached hydrogens (tertiary/aromatic N) is 2. The number of aromatic carboxylic acids is 1. The maximum absolute atomic E-state index is 10.9. The summed E-state index contributed by atoms with van der Waals surface area (Å²) in [5.41, 5.74) is 4.12. The number of para-hydroxylation sites is 1. The quantitative estimate of drug-likeness (QED) is 0.946. The number of rotatable bonds is 3. The normalized spacial score (nSPS) is 15.2. The number of benzene rings is 2. The van der Waals surface area contributed by atoms with E-state index >= 15 is 0 Å². The van der Waals surface area contributed by atoms with Crippen LogP contribution in [0.15, 0.2) is 48.5 Å². The van der Waals surface area contributed by atoms with Gasteiger partial charge in [0.05, 0.1) is 5.56 Å². The van der Waals surface area contributed by atoms with Gasteiger partial charge >= 0.3 is 5.97 Å². The van der Waals surface area contributed by atoms with Gasteiger partial charge in [0, 0.05) is 38.9 Å². The average Bonchev–Trinajstić information content (AvgIpc) is 2.68. The van der Waals surface area contributed by atoms with E-state index in [9.17, 15) is 4.79 Å². The van der Waals surface area contributed by atoms with Crippen molar-refractivity contribution in [2.75, 3.05) is 25.0 Å². The molecule has 0 saturated carbocycles. The second-order valence-corrected chi connectivity index (χ2v) is 5.76. The second-order valence-electron chi connectivity index (χ2n) is 5.76. The molecule has 0 spiro atoms. The monoisotopic (exact) mass is 296 g/mol. The lowest BCUT2D eigenvalue weighted by molar-refractivity contribution is 0.0697. The predicted molar refractivity (Wildman–Crippen MR) is 87.2 cm³/mol. The van der Waals surface area contributed by atoms with Gasteiger partial charge in [-0.05, 0) is 29.3 Å². The van der Waals surface area contributed by atoms with E-state index in [-0.39, 0.29) is 0 Å². The van der Waals surface area contributed by atoms with Crippen LogP contribution in [0.3, 0.4) is 0 Å². The van der Waals surface area contributed by atoms with Crippen LogP contribution >= 0.6 is 0 Å². The highest BCUT2D eigenvalue weighted by molar-refractivity contribution is 5.87. The van der Waals surface area contributed by atoms with Gasteiger partial charge in [0.25, 0.3) is 0 Å². The molecular formula is C18H20N2O2. The van der Waals surface area contributed by atoms with Gasteiger partial charge in [-0.2, -0.15) is 0 Å². The fraction of sp³-hybridized carbons (Fsp3) is 0.278. The number of carboxylic acids is 1. The van der Waals surface area contributed by atoms with Crippen LogP contribution in [0.25, 0.3) is 0 Å². The van der Waals surface area contributed by atoms with Crippen molar-refractivity contribution in [3.63, 3.8) is 0 Å². The molecule has 3 rings (SSSR count). The highest BCUT2D eigenvalue weighted by Crippen LogP contribution is 2.24. The van der Waals surface area contributed by atoms with Crippen LogP contribution in [0.5, 0.6) is 0 Å². The molecule has 1 aliphatic rings. The fourth-order valence-electron chi connectivity index (χ4n) is 2.89. The Labute approximate surface area is 130 Å². The molecule has 2 aromatic carbocycles. The van der Waals surface area contributed by atoms with Crippen molar-refractivity contribution in [1.82, 2.24) is 4.90 Å². The van der Waals surface area contributed by atoms with Crippen LogP contribution < -0.4 is 4.90 Å².